The first kappa shape index (κ1) is 20.4. The first-order valence-corrected chi connectivity index (χ1v) is 10.5. The number of nitrogens with one attached hydrogen (secondary N) is 1. The van der Waals surface area contributed by atoms with Gasteiger partial charge in [-0.3, -0.25) is 14.5 Å². The van der Waals surface area contributed by atoms with Crippen molar-refractivity contribution in [2.75, 3.05) is 33.3 Å². The molecule has 2 aromatic rings. The molecule has 2 aliphatic heterocycles. The minimum absolute atomic E-state index is 0.0144. The number of carbonyl (C=O) groups excluding carboxylic acids is 1. The third-order valence-electron chi connectivity index (χ3n) is 5.76. The van der Waals surface area contributed by atoms with Crippen molar-refractivity contribution in [1.29, 1.82) is 0 Å². The molecule has 1 aromatic heterocycles. The Morgan fingerprint density at radius 1 is 1.30 bits per heavy atom. The van der Waals surface area contributed by atoms with Crippen molar-refractivity contribution < 1.29 is 9.53 Å². The highest BCUT2D eigenvalue weighted by atomic mass is 16.5. The molecule has 0 saturated carbocycles. The highest BCUT2D eigenvalue weighted by Gasteiger charge is 2.25. The van der Waals surface area contributed by atoms with Gasteiger partial charge in [-0.05, 0) is 17.5 Å². The molecular weight excluding hydrogens is 380 g/mol. The first-order chi connectivity index (χ1) is 14.6. The minimum atomic E-state index is -0.0144. The Morgan fingerprint density at radius 2 is 2.13 bits per heavy atom. The molecule has 30 heavy (non-hydrogen) atoms. The second-order valence-corrected chi connectivity index (χ2v) is 7.84. The van der Waals surface area contributed by atoms with Gasteiger partial charge in [0.2, 0.25) is 5.91 Å². The first-order valence-electron chi connectivity index (χ1n) is 10.5. The van der Waals surface area contributed by atoms with E-state index in [-0.39, 0.29) is 12.0 Å². The largest absolute Gasteiger partial charge is 0.370 e. The van der Waals surface area contributed by atoms with E-state index < -0.39 is 0 Å². The number of ether oxygens (including phenoxy) is 1. The highest BCUT2D eigenvalue weighted by Crippen LogP contribution is 2.22. The third kappa shape index (κ3) is 4.64. The number of benzene rings is 1. The van der Waals surface area contributed by atoms with Crippen LogP contribution in [0.4, 0.5) is 0 Å². The topological polar surface area (TPSA) is 75.0 Å². The molecule has 8 heteroatoms. The molecule has 1 aromatic carbocycles. The molecule has 0 aliphatic carbocycles. The summed E-state index contributed by atoms with van der Waals surface area (Å²) >= 11 is 0. The van der Waals surface area contributed by atoms with Crippen molar-refractivity contribution in [2.45, 2.75) is 32.0 Å². The molecule has 2 fully saturated rings. The van der Waals surface area contributed by atoms with Crippen LogP contribution in [0.25, 0.3) is 0 Å². The lowest BCUT2D eigenvalue weighted by Gasteiger charge is -2.35. The molecule has 2 aliphatic rings. The number of morpholine rings is 1. The fourth-order valence-corrected chi connectivity index (χ4v) is 4.12. The average Bonchev–Trinajstić information content (AvgIpc) is 3.38. The van der Waals surface area contributed by atoms with Crippen LogP contribution in [0.1, 0.15) is 35.6 Å². The maximum absolute atomic E-state index is 12.0. The van der Waals surface area contributed by atoms with Crippen LogP contribution in [0.15, 0.2) is 41.7 Å². The predicted molar refractivity (Wildman–Crippen MR) is 115 cm³/mol. The Morgan fingerprint density at radius 3 is 2.83 bits per heavy atom. The van der Waals surface area contributed by atoms with Gasteiger partial charge in [0.1, 0.15) is 6.10 Å². The summed E-state index contributed by atoms with van der Waals surface area (Å²) in [5, 5.41) is 7.76. The summed E-state index contributed by atoms with van der Waals surface area (Å²) in [6.07, 6.45) is 5.48. The van der Waals surface area contributed by atoms with Gasteiger partial charge in [-0.25, -0.2) is 0 Å². The molecule has 1 unspecified atom stereocenters. The van der Waals surface area contributed by atoms with Crippen molar-refractivity contribution in [3.8, 4) is 0 Å². The van der Waals surface area contributed by atoms with Gasteiger partial charge in [0, 0.05) is 58.5 Å². The van der Waals surface area contributed by atoms with Crippen LogP contribution in [-0.4, -0.2) is 64.7 Å². The number of likely N-dealkylation sites (tertiary alicyclic amines) is 1. The number of hydrogen-bond donors (Lipinski definition) is 1. The monoisotopic (exact) mass is 410 g/mol. The second kappa shape index (κ2) is 9.30. The molecule has 0 bridgehead atoms. The van der Waals surface area contributed by atoms with Crippen LogP contribution in [0.5, 0.6) is 0 Å². The maximum Gasteiger partial charge on any atom is 0.222 e. The molecule has 160 valence electrons. The SMILES string of the molecule is CN=C(NCc1ccccc1CN1CCCC1=O)N1CCOC(c2cnn(C)c2)C1. The van der Waals surface area contributed by atoms with Crippen LogP contribution in [-0.2, 0) is 29.7 Å². The van der Waals surface area contributed by atoms with Crippen molar-refractivity contribution in [1.82, 2.24) is 24.9 Å². The Balaban J connectivity index is 1.39. The Hall–Kier alpha value is -2.87. The molecule has 4 rings (SSSR count). The van der Waals surface area contributed by atoms with Gasteiger partial charge >= 0.3 is 0 Å². The zero-order valence-electron chi connectivity index (χ0n) is 17.8. The van der Waals surface area contributed by atoms with E-state index in [1.54, 1.807) is 4.68 Å². The second-order valence-electron chi connectivity index (χ2n) is 7.84. The molecule has 0 radical (unpaired) electrons. The Bertz CT molecular complexity index is 909. The molecule has 3 heterocycles. The highest BCUT2D eigenvalue weighted by molar-refractivity contribution is 5.80. The van der Waals surface area contributed by atoms with E-state index in [1.165, 1.54) is 11.1 Å². The molecule has 8 nitrogen and oxygen atoms in total. The average molecular weight is 411 g/mol. The summed E-state index contributed by atoms with van der Waals surface area (Å²) in [7, 11) is 3.73. The van der Waals surface area contributed by atoms with Crippen LogP contribution in [0, 0.1) is 0 Å². The van der Waals surface area contributed by atoms with Gasteiger partial charge in [0.15, 0.2) is 5.96 Å². The lowest BCUT2D eigenvalue weighted by atomic mass is 10.1. The molecule has 1 amide bonds. The number of aromatic nitrogens is 2. The fourth-order valence-electron chi connectivity index (χ4n) is 4.12. The minimum Gasteiger partial charge on any atom is -0.370 e. The molecule has 0 spiro atoms. The molecule has 2 saturated heterocycles. The normalized spacial score (nSPS) is 20.1. The summed E-state index contributed by atoms with van der Waals surface area (Å²) in [6.45, 7) is 4.37. The third-order valence-corrected chi connectivity index (χ3v) is 5.76. The summed E-state index contributed by atoms with van der Waals surface area (Å²) in [5.74, 6) is 1.11. The molecule has 1 N–H and O–H groups in total. The van der Waals surface area contributed by atoms with E-state index in [2.05, 4.69) is 32.4 Å². The Kier molecular flexibility index (Phi) is 6.32. The van der Waals surface area contributed by atoms with Crippen molar-refractivity contribution in [2.24, 2.45) is 12.0 Å². The van der Waals surface area contributed by atoms with Gasteiger partial charge in [0.05, 0.1) is 19.3 Å². The lowest BCUT2D eigenvalue weighted by molar-refractivity contribution is -0.128. The van der Waals surface area contributed by atoms with E-state index in [1.807, 2.05) is 43.5 Å². The van der Waals surface area contributed by atoms with Crippen LogP contribution >= 0.6 is 0 Å². The fraction of sp³-hybridized carbons (Fsp3) is 0.500. The zero-order chi connectivity index (χ0) is 20.9. The predicted octanol–water partition coefficient (Wildman–Crippen LogP) is 1.69. The van der Waals surface area contributed by atoms with Crippen LogP contribution in [0.3, 0.4) is 0 Å². The van der Waals surface area contributed by atoms with Crippen molar-refractivity contribution in [3.63, 3.8) is 0 Å². The lowest BCUT2D eigenvalue weighted by Crippen LogP contribution is -2.48. The van der Waals surface area contributed by atoms with Crippen molar-refractivity contribution >= 4 is 11.9 Å². The Labute approximate surface area is 177 Å². The van der Waals surface area contributed by atoms with Gasteiger partial charge in [-0.15, -0.1) is 0 Å². The maximum atomic E-state index is 12.0. The number of carbonyl (C=O) groups is 1. The van der Waals surface area contributed by atoms with Crippen LogP contribution in [0.2, 0.25) is 0 Å². The number of hydrogen-bond acceptors (Lipinski definition) is 4. The number of amides is 1. The van der Waals surface area contributed by atoms with E-state index in [4.69, 9.17) is 4.74 Å². The number of rotatable bonds is 5. The smallest absolute Gasteiger partial charge is 0.222 e. The van der Waals surface area contributed by atoms with Gasteiger partial charge in [-0.1, -0.05) is 24.3 Å². The zero-order valence-corrected chi connectivity index (χ0v) is 17.8. The van der Waals surface area contributed by atoms with E-state index in [0.29, 0.717) is 26.1 Å². The number of nitrogens with zero attached hydrogens (tertiary/aromatic N) is 5. The summed E-state index contributed by atoms with van der Waals surface area (Å²) < 4.78 is 7.75. The number of aryl methyl sites for hydroxylation is 1. The van der Waals surface area contributed by atoms with Crippen LogP contribution < -0.4 is 5.32 Å². The summed E-state index contributed by atoms with van der Waals surface area (Å²) in [4.78, 5) is 20.7. The summed E-state index contributed by atoms with van der Waals surface area (Å²) in [6, 6.07) is 8.31. The van der Waals surface area contributed by atoms with E-state index >= 15 is 0 Å². The quantitative estimate of drug-likeness (QED) is 0.600. The molecular formula is C22H30N6O2. The van der Waals surface area contributed by atoms with E-state index in [0.717, 1.165) is 37.6 Å². The molecule has 1 atom stereocenters. The van der Waals surface area contributed by atoms with Crippen molar-refractivity contribution in [3.05, 3.63) is 53.3 Å². The number of guanidine groups is 1. The van der Waals surface area contributed by atoms with Gasteiger partial charge in [0.25, 0.3) is 0 Å². The van der Waals surface area contributed by atoms with Gasteiger partial charge < -0.3 is 19.9 Å². The summed E-state index contributed by atoms with van der Waals surface area (Å²) in [5.41, 5.74) is 3.46. The standard InChI is InChI=1S/C22H30N6O2/c1-23-22(28-10-11-30-20(16-28)19-13-25-26(2)14-19)24-12-17-6-3-4-7-18(17)15-27-9-5-8-21(27)29/h3-4,6-7,13-14,20H,5,8-12,15-16H2,1-2H3,(H,23,24). The van der Waals surface area contributed by atoms with E-state index in [9.17, 15) is 4.79 Å². The number of aliphatic imine (C=N–C) groups is 1. The van der Waals surface area contributed by atoms with Gasteiger partial charge in [-0.2, -0.15) is 5.10 Å².